The molecule has 3 nitrogen and oxygen atoms in total. The third-order valence-corrected chi connectivity index (χ3v) is 1.71. The molecule has 0 aliphatic heterocycles. The molecule has 0 bridgehead atoms. The van der Waals surface area contributed by atoms with Crippen LogP contribution in [0.1, 0.15) is 32.1 Å². The van der Waals surface area contributed by atoms with Crippen molar-refractivity contribution in [3.05, 3.63) is 17.5 Å². The normalized spacial score (nSPS) is 12.0. The minimum Gasteiger partial charge on any atom is -0.396 e. The fraction of sp³-hybridized carbons (Fsp3) is 0.667. The van der Waals surface area contributed by atoms with Crippen LogP contribution < -0.4 is 0 Å². The maximum absolute atomic E-state index is 8.76. The van der Waals surface area contributed by atoms with E-state index in [0.717, 1.165) is 11.3 Å². The lowest BCUT2D eigenvalue weighted by Gasteiger charge is -2.15. The van der Waals surface area contributed by atoms with Crippen LogP contribution in [0.4, 0.5) is 0 Å². The molecule has 0 aromatic carbocycles. The van der Waals surface area contributed by atoms with Gasteiger partial charge in [0.2, 0.25) is 0 Å². The SMILES string of the molecule is CC(C)(C)c1oncc1CCO. The van der Waals surface area contributed by atoms with Crippen LogP contribution in [0.5, 0.6) is 0 Å². The van der Waals surface area contributed by atoms with E-state index in [1.165, 1.54) is 0 Å². The molecule has 0 saturated carbocycles. The predicted octanol–water partition coefficient (Wildman–Crippen LogP) is 1.51. The Morgan fingerprint density at radius 3 is 2.67 bits per heavy atom. The largest absolute Gasteiger partial charge is 0.396 e. The molecule has 0 fully saturated rings. The monoisotopic (exact) mass is 169 g/mol. The van der Waals surface area contributed by atoms with Crippen molar-refractivity contribution < 1.29 is 9.63 Å². The van der Waals surface area contributed by atoms with E-state index in [4.69, 9.17) is 9.63 Å². The first-order valence-electron chi connectivity index (χ1n) is 4.10. The second-order valence-electron chi connectivity index (χ2n) is 3.90. The van der Waals surface area contributed by atoms with Gasteiger partial charge in [-0.05, 0) is 0 Å². The highest BCUT2D eigenvalue weighted by atomic mass is 16.5. The summed E-state index contributed by atoms with van der Waals surface area (Å²) in [7, 11) is 0. The van der Waals surface area contributed by atoms with Gasteiger partial charge in [-0.25, -0.2) is 0 Å². The van der Waals surface area contributed by atoms with Gasteiger partial charge in [0.15, 0.2) is 0 Å². The maximum atomic E-state index is 8.76. The summed E-state index contributed by atoms with van der Waals surface area (Å²) >= 11 is 0. The Labute approximate surface area is 72.4 Å². The van der Waals surface area contributed by atoms with Gasteiger partial charge in [-0.3, -0.25) is 0 Å². The van der Waals surface area contributed by atoms with E-state index >= 15 is 0 Å². The average molecular weight is 169 g/mol. The molecule has 0 radical (unpaired) electrons. The molecule has 3 heteroatoms. The molecular weight excluding hydrogens is 154 g/mol. The zero-order valence-corrected chi connectivity index (χ0v) is 7.79. The van der Waals surface area contributed by atoms with E-state index in [1.807, 2.05) is 0 Å². The van der Waals surface area contributed by atoms with Crippen molar-refractivity contribution in [2.24, 2.45) is 0 Å². The van der Waals surface area contributed by atoms with Gasteiger partial charge in [0.05, 0.1) is 6.20 Å². The standard InChI is InChI=1S/C9H15NO2/c1-9(2,3)8-7(4-5-11)6-10-12-8/h6,11H,4-5H2,1-3H3. The third kappa shape index (κ3) is 1.85. The minimum absolute atomic E-state index is 0.0268. The molecule has 0 aliphatic carbocycles. The zero-order valence-electron chi connectivity index (χ0n) is 7.79. The van der Waals surface area contributed by atoms with E-state index in [-0.39, 0.29) is 12.0 Å². The van der Waals surface area contributed by atoms with Crippen LogP contribution >= 0.6 is 0 Å². The van der Waals surface area contributed by atoms with E-state index in [9.17, 15) is 0 Å². The van der Waals surface area contributed by atoms with E-state index in [1.54, 1.807) is 6.20 Å². The van der Waals surface area contributed by atoms with Crippen LogP contribution in [-0.2, 0) is 11.8 Å². The molecule has 0 unspecified atom stereocenters. The lowest BCUT2D eigenvalue weighted by molar-refractivity contribution is 0.293. The minimum atomic E-state index is -0.0268. The fourth-order valence-electron chi connectivity index (χ4n) is 1.18. The quantitative estimate of drug-likeness (QED) is 0.729. The second kappa shape index (κ2) is 3.27. The summed E-state index contributed by atoms with van der Waals surface area (Å²) < 4.78 is 5.12. The Morgan fingerprint density at radius 2 is 2.17 bits per heavy atom. The van der Waals surface area contributed by atoms with Crippen molar-refractivity contribution in [3.63, 3.8) is 0 Å². The molecule has 0 spiro atoms. The molecule has 1 heterocycles. The van der Waals surface area contributed by atoms with Crippen molar-refractivity contribution in [1.29, 1.82) is 0 Å². The van der Waals surface area contributed by atoms with Crippen LogP contribution in [0.15, 0.2) is 10.7 Å². The zero-order chi connectivity index (χ0) is 9.19. The van der Waals surface area contributed by atoms with Crippen LogP contribution in [-0.4, -0.2) is 16.9 Å². The highest BCUT2D eigenvalue weighted by Gasteiger charge is 2.22. The molecule has 1 N–H and O–H groups in total. The Bertz CT molecular complexity index is 247. The van der Waals surface area contributed by atoms with Crippen molar-refractivity contribution >= 4 is 0 Å². The number of hydrogen-bond acceptors (Lipinski definition) is 3. The van der Waals surface area contributed by atoms with Crippen LogP contribution in [0, 0.1) is 0 Å². The molecule has 1 aromatic heterocycles. The molecule has 0 atom stereocenters. The third-order valence-electron chi connectivity index (χ3n) is 1.71. The van der Waals surface area contributed by atoms with Crippen molar-refractivity contribution in [2.45, 2.75) is 32.6 Å². The summed E-state index contributed by atoms with van der Waals surface area (Å²) in [6, 6.07) is 0. The first kappa shape index (κ1) is 9.26. The van der Waals surface area contributed by atoms with Crippen LogP contribution in [0.2, 0.25) is 0 Å². The summed E-state index contributed by atoms with van der Waals surface area (Å²) in [6.07, 6.45) is 2.30. The van der Waals surface area contributed by atoms with Crippen molar-refractivity contribution in [2.75, 3.05) is 6.61 Å². The van der Waals surface area contributed by atoms with Gasteiger partial charge < -0.3 is 9.63 Å². The average Bonchev–Trinajstić information content (AvgIpc) is 2.34. The predicted molar refractivity (Wildman–Crippen MR) is 46.0 cm³/mol. The Hall–Kier alpha value is -0.830. The highest BCUT2D eigenvalue weighted by molar-refractivity contribution is 5.20. The van der Waals surface area contributed by atoms with Crippen LogP contribution in [0.25, 0.3) is 0 Å². The number of rotatable bonds is 2. The molecule has 0 aliphatic rings. The van der Waals surface area contributed by atoms with Gasteiger partial charge in [-0.15, -0.1) is 0 Å². The van der Waals surface area contributed by atoms with Gasteiger partial charge in [-0.1, -0.05) is 25.9 Å². The molecular formula is C9H15NO2. The maximum Gasteiger partial charge on any atom is 0.145 e. The molecule has 12 heavy (non-hydrogen) atoms. The van der Waals surface area contributed by atoms with E-state index in [0.29, 0.717) is 6.42 Å². The molecule has 1 aromatic rings. The molecule has 0 amide bonds. The van der Waals surface area contributed by atoms with Crippen molar-refractivity contribution in [3.8, 4) is 0 Å². The summed E-state index contributed by atoms with van der Waals surface area (Å²) in [6.45, 7) is 6.33. The van der Waals surface area contributed by atoms with Crippen molar-refractivity contribution in [1.82, 2.24) is 5.16 Å². The van der Waals surface area contributed by atoms with Gasteiger partial charge in [0, 0.05) is 24.0 Å². The first-order chi connectivity index (χ1) is 5.55. The Kier molecular flexibility index (Phi) is 2.52. The summed E-state index contributed by atoms with van der Waals surface area (Å²) in [5.74, 6) is 0.872. The molecule has 68 valence electrons. The number of hydrogen-bond donors (Lipinski definition) is 1. The molecule has 1 rings (SSSR count). The van der Waals surface area contributed by atoms with Gasteiger partial charge in [-0.2, -0.15) is 0 Å². The number of aromatic nitrogens is 1. The fourth-order valence-corrected chi connectivity index (χ4v) is 1.18. The van der Waals surface area contributed by atoms with E-state index < -0.39 is 0 Å². The number of nitrogens with zero attached hydrogens (tertiary/aromatic N) is 1. The highest BCUT2D eigenvalue weighted by Crippen LogP contribution is 2.25. The summed E-state index contributed by atoms with van der Waals surface area (Å²) in [5.41, 5.74) is 0.978. The van der Waals surface area contributed by atoms with Gasteiger partial charge in [0.1, 0.15) is 5.76 Å². The number of aliphatic hydroxyl groups is 1. The van der Waals surface area contributed by atoms with Gasteiger partial charge >= 0.3 is 0 Å². The number of aliphatic hydroxyl groups excluding tert-OH is 1. The Morgan fingerprint density at radius 1 is 1.50 bits per heavy atom. The second-order valence-corrected chi connectivity index (χ2v) is 3.90. The first-order valence-corrected chi connectivity index (χ1v) is 4.10. The van der Waals surface area contributed by atoms with Crippen LogP contribution in [0.3, 0.4) is 0 Å². The summed E-state index contributed by atoms with van der Waals surface area (Å²) in [5, 5.41) is 12.5. The topological polar surface area (TPSA) is 46.3 Å². The smallest absolute Gasteiger partial charge is 0.145 e. The summed E-state index contributed by atoms with van der Waals surface area (Å²) in [4.78, 5) is 0. The lowest BCUT2D eigenvalue weighted by Crippen LogP contribution is -2.12. The molecule has 0 saturated heterocycles. The Balaban J connectivity index is 2.91. The van der Waals surface area contributed by atoms with E-state index in [2.05, 4.69) is 25.9 Å². The van der Waals surface area contributed by atoms with Gasteiger partial charge in [0.25, 0.3) is 0 Å². The lowest BCUT2D eigenvalue weighted by atomic mass is 9.90.